The zero-order valence-electron chi connectivity index (χ0n) is 17.3. The van der Waals surface area contributed by atoms with Crippen LogP contribution in [0.25, 0.3) is 5.69 Å². The standard InChI is InChI=1S/C23H20ClN5O2/c1-5-27-20-21(25-4)28(15(2)3)23(31)29(22(20)30)19-11-10-16(13-18(19)24)8-9-17-7-6-12-26-14-17/h5-7,10-15H,4H2,1-3H3. The van der Waals surface area contributed by atoms with Gasteiger partial charge >= 0.3 is 5.69 Å². The SMILES string of the molecule is C=Nc1c(N=CC)c(=O)n(-c2ccc(C#Cc3cccnc3)cc2Cl)c(=O)n1C(C)C. The Morgan fingerprint density at radius 2 is 1.94 bits per heavy atom. The fourth-order valence-corrected chi connectivity index (χ4v) is 3.28. The molecule has 0 amide bonds. The summed E-state index contributed by atoms with van der Waals surface area (Å²) in [5, 5.41) is 0.207. The first-order chi connectivity index (χ1) is 14.9. The molecule has 0 atom stereocenters. The number of benzene rings is 1. The van der Waals surface area contributed by atoms with Crippen LogP contribution in [-0.2, 0) is 0 Å². The van der Waals surface area contributed by atoms with Crippen LogP contribution in [0.4, 0.5) is 11.5 Å². The maximum absolute atomic E-state index is 13.2. The molecule has 0 fully saturated rings. The summed E-state index contributed by atoms with van der Waals surface area (Å²) in [7, 11) is 0. The summed E-state index contributed by atoms with van der Waals surface area (Å²) >= 11 is 6.46. The first kappa shape index (κ1) is 21.9. The number of halogens is 1. The maximum atomic E-state index is 13.2. The van der Waals surface area contributed by atoms with Crippen molar-refractivity contribution in [1.29, 1.82) is 0 Å². The Morgan fingerprint density at radius 1 is 1.19 bits per heavy atom. The number of aromatic nitrogens is 3. The van der Waals surface area contributed by atoms with Gasteiger partial charge in [0, 0.05) is 35.8 Å². The minimum absolute atomic E-state index is 0.0160. The number of rotatable bonds is 4. The van der Waals surface area contributed by atoms with Crippen molar-refractivity contribution >= 4 is 36.0 Å². The fourth-order valence-electron chi connectivity index (χ4n) is 3.02. The van der Waals surface area contributed by atoms with Crippen molar-refractivity contribution in [2.24, 2.45) is 9.98 Å². The molecule has 0 aliphatic carbocycles. The molecule has 0 N–H and O–H groups in total. The summed E-state index contributed by atoms with van der Waals surface area (Å²) in [6.45, 7) is 8.79. The van der Waals surface area contributed by atoms with Gasteiger partial charge in [0.25, 0.3) is 5.56 Å². The van der Waals surface area contributed by atoms with Crippen molar-refractivity contribution < 1.29 is 0 Å². The van der Waals surface area contributed by atoms with Crippen LogP contribution in [0.5, 0.6) is 0 Å². The van der Waals surface area contributed by atoms with Gasteiger partial charge in [0.1, 0.15) is 0 Å². The zero-order valence-corrected chi connectivity index (χ0v) is 18.1. The Labute approximate surface area is 184 Å². The molecule has 7 nitrogen and oxygen atoms in total. The molecule has 0 radical (unpaired) electrons. The smallest absolute Gasteiger partial charge is 0.273 e. The monoisotopic (exact) mass is 433 g/mol. The summed E-state index contributed by atoms with van der Waals surface area (Å²) in [6.07, 6.45) is 4.79. The van der Waals surface area contributed by atoms with E-state index in [4.69, 9.17) is 11.6 Å². The highest BCUT2D eigenvalue weighted by Crippen LogP contribution is 2.27. The van der Waals surface area contributed by atoms with E-state index in [0.717, 1.165) is 10.1 Å². The maximum Gasteiger partial charge on any atom is 0.337 e. The van der Waals surface area contributed by atoms with Gasteiger partial charge in [0.05, 0.1) is 10.7 Å². The molecule has 31 heavy (non-hydrogen) atoms. The average Bonchev–Trinajstić information content (AvgIpc) is 2.75. The number of aliphatic imine (C=N–C) groups is 2. The average molecular weight is 434 g/mol. The van der Waals surface area contributed by atoms with Gasteiger partial charge in [-0.3, -0.25) is 19.3 Å². The van der Waals surface area contributed by atoms with Gasteiger partial charge in [0.2, 0.25) is 0 Å². The van der Waals surface area contributed by atoms with Crippen molar-refractivity contribution in [1.82, 2.24) is 14.1 Å². The van der Waals surface area contributed by atoms with E-state index < -0.39 is 11.2 Å². The van der Waals surface area contributed by atoms with E-state index in [9.17, 15) is 9.59 Å². The normalized spacial score (nSPS) is 10.9. The second kappa shape index (κ2) is 9.37. The highest BCUT2D eigenvalue weighted by Gasteiger charge is 2.21. The summed E-state index contributed by atoms with van der Waals surface area (Å²) < 4.78 is 2.36. The van der Waals surface area contributed by atoms with E-state index in [1.807, 2.05) is 19.9 Å². The number of hydrogen-bond acceptors (Lipinski definition) is 5. The van der Waals surface area contributed by atoms with Crippen LogP contribution >= 0.6 is 11.6 Å². The quantitative estimate of drug-likeness (QED) is 0.459. The zero-order chi connectivity index (χ0) is 22.5. The number of nitrogens with zero attached hydrogens (tertiary/aromatic N) is 5. The second-order valence-corrected chi connectivity index (χ2v) is 7.17. The van der Waals surface area contributed by atoms with Gasteiger partial charge in [-0.25, -0.2) is 14.4 Å². The third-order valence-electron chi connectivity index (χ3n) is 4.37. The second-order valence-electron chi connectivity index (χ2n) is 6.76. The van der Waals surface area contributed by atoms with Crippen LogP contribution in [0.1, 0.15) is 37.9 Å². The topological polar surface area (TPSA) is 81.6 Å². The Kier molecular flexibility index (Phi) is 6.63. The first-order valence-electron chi connectivity index (χ1n) is 9.48. The largest absolute Gasteiger partial charge is 0.337 e. The molecular weight excluding hydrogens is 414 g/mol. The van der Waals surface area contributed by atoms with E-state index >= 15 is 0 Å². The van der Waals surface area contributed by atoms with Gasteiger partial charge in [0.15, 0.2) is 11.5 Å². The molecule has 156 valence electrons. The van der Waals surface area contributed by atoms with E-state index in [1.54, 1.807) is 43.6 Å². The Bertz CT molecular complexity index is 1340. The lowest BCUT2D eigenvalue weighted by molar-refractivity contribution is 0.552. The molecule has 0 saturated carbocycles. The lowest BCUT2D eigenvalue weighted by atomic mass is 10.2. The third kappa shape index (κ3) is 4.39. The van der Waals surface area contributed by atoms with Crippen LogP contribution in [-0.4, -0.2) is 27.1 Å². The van der Waals surface area contributed by atoms with Crippen LogP contribution in [0, 0.1) is 11.8 Å². The summed E-state index contributed by atoms with van der Waals surface area (Å²) in [5.41, 5.74) is 0.440. The molecule has 0 aliphatic rings. The molecule has 1 aromatic carbocycles. The molecule has 3 rings (SSSR count). The van der Waals surface area contributed by atoms with E-state index in [2.05, 4.69) is 33.5 Å². The summed E-state index contributed by atoms with van der Waals surface area (Å²) in [6, 6.07) is 8.24. The van der Waals surface area contributed by atoms with Crippen LogP contribution < -0.4 is 11.2 Å². The molecule has 8 heteroatoms. The van der Waals surface area contributed by atoms with Gasteiger partial charge in [-0.2, -0.15) is 0 Å². The van der Waals surface area contributed by atoms with Gasteiger partial charge in [-0.15, -0.1) is 0 Å². The van der Waals surface area contributed by atoms with E-state index in [1.165, 1.54) is 10.8 Å². The molecule has 3 aromatic rings. The lowest BCUT2D eigenvalue weighted by Gasteiger charge is -2.18. The van der Waals surface area contributed by atoms with Gasteiger partial charge in [-0.1, -0.05) is 23.4 Å². The van der Waals surface area contributed by atoms with Gasteiger partial charge in [-0.05, 0) is 57.8 Å². The highest BCUT2D eigenvalue weighted by atomic mass is 35.5. The Balaban J connectivity index is 2.22. The molecular formula is C23H20ClN5O2. The van der Waals surface area contributed by atoms with E-state index in [-0.39, 0.29) is 28.3 Å². The third-order valence-corrected chi connectivity index (χ3v) is 4.67. The van der Waals surface area contributed by atoms with Crippen molar-refractivity contribution in [3.63, 3.8) is 0 Å². The summed E-state index contributed by atoms with van der Waals surface area (Å²) in [4.78, 5) is 38.4. The molecule has 0 bridgehead atoms. The van der Waals surface area contributed by atoms with Crippen LogP contribution in [0.2, 0.25) is 5.02 Å². The fraction of sp³-hybridized carbons (Fsp3) is 0.174. The first-order valence-corrected chi connectivity index (χ1v) is 9.85. The Hall–Kier alpha value is -3.76. The Morgan fingerprint density at radius 3 is 2.52 bits per heavy atom. The van der Waals surface area contributed by atoms with Crippen molar-refractivity contribution in [2.45, 2.75) is 26.8 Å². The minimum atomic E-state index is -0.626. The number of pyridine rings is 1. The molecule has 0 spiro atoms. The highest BCUT2D eigenvalue weighted by molar-refractivity contribution is 6.32. The number of hydrogen-bond donors (Lipinski definition) is 0. The predicted octanol–water partition coefficient (Wildman–Crippen LogP) is 4.08. The molecule has 0 aliphatic heterocycles. The van der Waals surface area contributed by atoms with Crippen molar-refractivity contribution in [2.75, 3.05) is 0 Å². The van der Waals surface area contributed by atoms with Crippen LogP contribution in [0.15, 0.2) is 62.3 Å². The minimum Gasteiger partial charge on any atom is -0.273 e. The molecule has 0 saturated heterocycles. The molecule has 2 aromatic heterocycles. The predicted molar refractivity (Wildman–Crippen MR) is 125 cm³/mol. The molecule has 2 heterocycles. The lowest BCUT2D eigenvalue weighted by Crippen LogP contribution is -2.39. The van der Waals surface area contributed by atoms with Crippen LogP contribution in [0.3, 0.4) is 0 Å². The van der Waals surface area contributed by atoms with Crippen molar-refractivity contribution in [3.8, 4) is 17.5 Å². The van der Waals surface area contributed by atoms with Gasteiger partial charge < -0.3 is 0 Å². The summed E-state index contributed by atoms with van der Waals surface area (Å²) in [5.74, 6) is 6.11. The van der Waals surface area contributed by atoms with Crippen molar-refractivity contribution in [3.05, 3.63) is 79.7 Å². The molecule has 0 unspecified atom stereocenters. The van der Waals surface area contributed by atoms with E-state index in [0.29, 0.717) is 5.56 Å².